The topological polar surface area (TPSA) is 80.9 Å². The van der Waals surface area contributed by atoms with Crippen molar-refractivity contribution in [3.8, 4) is 0 Å². The van der Waals surface area contributed by atoms with Gasteiger partial charge in [-0.2, -0.15) is 0 Å². The Morgan fingerprint density at radius 1 is 1.40 bits per heavy atom. The minimum atomic E-state index is -0.353. The number of hydrogen-bond donors (Lipinski definition) is 2. The molecule has 0 aliphatic carbocycles. The summed E-state index contributed by atoms with van der Waals surface area (Å²) in [5.41, 5.74) is 8.65. The van der Waals surface area contributed by atoms with E-state index in [4.69, 9.17) is 5.73 Å². The molecule has 3 N–H and O–H groups in total. The van der Waals surface area contributed by atoms with Crippen LogP contribution in [0.2, 0.25) is 0 Å². The number of nitrogens with two attached hydrogens (primary N) is 1. The standard InChI is InChI=1S/C13H16N4OS2/c1-7-5-4-6-10(8(7)2)15-12-16-17-13(20-12)19-9(3)11(14)18/h4-6,9H,1-3H3,(H2,14,18)(H,15,16). The summed E-state index contributed by atoms with van der Waals surface area (Å²) in [6.45, 7) is 5.88. The van der Waals surface area contributed by atoms with Crippen molar-refractivity contribution in [1.82, 2.24) is 10.2 Å². The largest absolute Gasteiger partial charge is 0.369 e. The van der Waals surface area contributed by atoms with E-state index in [1.807, 2.05) is 12.1 Å². The first-order valence-corrected chi connectivity index (χ1v) is 7.79. The highest BCUT2D eigenvalue weighted by molar-refractivity contribution is 8.02. The van der Waals surface area contributed by atoms with E-state index in [0.29, 0.717) is 5.13 Å². The molecule has 5 nitrogen and oxygen atoms in total. The normalized spacial score (nSPS) is 12.2. The third-order valence-electron chi connectivity index (χ3n) is 2.93. The lowest BCUT2D eigenvalue weighted by molar-refractivity contribution is -0.117. The molecule has 0 spiro atoms. The van der Waals surface area contributed by atoms with Gasteiger partial charge in [0.05, 0.1) is 5.25 Å². The maximum Gasteiger partial charge on any atom is 0.230 e. The Bertz CT molecular complexity index is 627. The fourth-order valence-corrected chi connectivity index (χ4v) is 3.38. The third kappa shape index (κ3) is 3.49. The van der Waals surface area contributed by atoms with Crippen molar-refractivity contribution in [1.29, 1.82) is 0 Å². The second-order valence-corrected chi connectivity index (χ2v) is 6.97. The van der Waals surface area contributed by atoms with Gasteiger partial charge >= 0.3 is 0 Å². The van der Waals surface area contributed by atoms with E-state index in [9.17, 15) is 4.79 Å². The van der Waals surface area contributed by atoms with Crippen molar-refractivity contribution in [2.75, 3.05) is 5.32 Å². The molecule has 20 heavy (non-hydrogen) atoms. The number of aromatic nitrogens is 2. The molecule has 0 aliphatic rings. The summed E-state index contributed by atoms with van der Waals surface area (Å²) in [4.78, 5) is 11.0. The number of carbonyl (C=O) groups is 1. The zero-order valence-corrected chi connectivity index (χ0v) is 13.1. The van der Waals surface area contributed by atoms with Crippen molar-refractivity contribution in [2.24, 2.45) is 5.73 Å². The van der Waals surface area contributed by atoms with E-state index in [1.165, 1.54) is 34.2 Å². The molecule has 0 radical (unpaired) electrons. The average molecular weight is 308 g/mol. The lowest BCUT2D eigenvalue weighted by Gasteiger charge is -2.08. The molecule has 0 saturated heterocycles. The summed E-state index contributed by atoms with van der Waals surface area (Å²) in [5.74, 6) is -0.353. The third-order valence-corrected chi connectivity index (χ3v) is 4.97. The van der Waals surface area contributed by atoms with Crippen LogP contribution in [-0.2, 0) is 4.79 Å². The molecule has 7 heteroatoms. The number of primary amides is 1. The number of benzene rings is 1. The van der Waals surface area contributed by atoms with Gasteiger partial charge in [-0.15, -0.1) is 10.2 Å². The van der Waals surface area contributed by atoms with Crippen molar-refractivity contribution in [2.45, 2.75) is 30.4 Å². The van der Waals surface area contributed by atoms with Crippen LogP contribution in [-0.4, -0.2) is 21.4 Å². The van der Waals surface area contributed by atoms with Gasteiger partial charge in [0, 0.05) is 5.69 Å². The number of anilines is 2. The number of aryl methyl sites for hydroxylation is 1. The number of carbonyl (C=O) groups excluding carboxylic acids is 1. The Morgan fingerprint density at radius 2 is 2.15 bits per heavy atom. The molecule has 0 bridgehead atoms. The fraction of sp³-hybridized carbons (Fsp3) is 0.308. The van der Waals surface area contributed by atoms with Gasteiger partial charge in [-0.25, -0.2) is 0 Å². The molecular formula is C13H16N4OS2. The second kappa shape index (κ2) is 6.23. The molecule has 0 aliphatic heterocycles. The van der Waals surface area contributed by atoms with Crippen LogP contribution >= 0.6 is 23.1 Å². The summed E-state index contributed by atoms with van der Waals surface area (Å²) in [7, 11) is 0. The molecule has 106 valence electrons. The van der Waals surface area contributed by atoms with Crippen LogP contribution in [0.5, 0.6) is 0 Å². The molecular weight excluding hydrogens is 292 g/mol. The minimum absolute atomic E-state index is 0.309. The van der Waals surface area contributed by atoms with Gasteiger partial charge in [-0.3, -0.25) is 4.79 Å². The molecule has 1 atom stereocenters. The maximum absolute atomic E-state index is 11.0. The van der Waals surface area contributed by atoms with Gasteiger partial charge in [-0.05, 0) is 38.0 Å². The van der Waals surface area contributed by atoms with Gasteiger partial charge in [0.2, 0.25) is 11.0 Å². The molecule has 0 saturated carbocycles. The quantitative estimate of drug-likeness (QED) is 0.830. The predicted molar refractivity (Wildman–Crippen MR) is 83.6 cm³/mol. The monoisotopic (exact) mass is 308 g/mol. The molecule has 0 fully saturated rings. The number of hydrogen-bond acceptors (Lipinski definition) is 6. The number of nitrogens with one attached hydrogen (secondary N) is 1. The van der Waals surface area contributed by atoms with Crippen LogP contribution in [0.25, 0.3) is 0 Å². The van der Waals surface area contributed by atoms with Gasteiger partial charge in [0.25, 0.3) is 0 Å². The molecule has 1 heterocycles. The summed E-state index contributed by atoms with van der Waals surface area (Å²) in [5, 5.41) is 11.8. The lowest BCUT2D eigenvalue weighted by atomic mass is 10.1. The molecule has 1 amide bonds. The zero-order chi connectivity index (χ0) is 14.7. The SMILES string of the molecule is Cc1cccc(Nc2nnc(SC(C)C(N)=O)s2)c1C. The second-order valence-electron chi connectivity index (χ2n) is 4.41. The van der Waals surface area contributed by atoms with Crippen LogP contribution in [0.4, 0.5) is 10.8 Å². The van der Waals surface area contributed by atoms with Crippen molar-refractivity contribution >= 4 is 39.8 Å². The van der Waals surface area contributed by atoms with Crippen LogP contribution in [0.1, 0.15) is 18.1 Å². The van der Waals surface area contributed by atoms with Crippen LogP contribution in [0.15, 0.2) is 22.5 Å². The fourth-order valence-electron chi connectivity index (χ4n) is 1.52. The lowest BCUT2D eigenvalue weighted by Crippen LogP contribution is -2.22. The minimum Gasteiger partial charge on any atom is -0.369 e. The van der Waals surface area contributed by atoms with E-state index in [0.717, 1.165) is 10.0 Å². The van der Waals surface area contributed by atoms with Crippen molar-refractivity contribution in [3.63, 3.8) is 0 Å². The van der Waals surface area contributed by atoms with Crippen molar-refractivity contribution in [3.05, 3.63) is 29.3 Å². The highest BCUT2D eigenvalue weighted by atomic mass is 32.2. The summed E-state index contributed by atoms with van der Waals surface area (Å²) < 4.78 is 0.726. The average Bonchev–Trinajstić information content (AvgIpc) is 2.82. The highest BCUT2D eigenvalue weighted by Crippen LogP contribution is 2.31. The molecule has 1 aromatic carbocycles. The highest BCUT2D eigenvalue weighted by Gasteiger charge is 2.14. The van der Waals surface area contributed by atoms with E-state index in [-0.39, 0.29) is 11.2 Å². The predicted octanol–water partition coefficient (Wildman–Crippen LogP) is 2.86. The molecule has 1 aromatic heterocycles. The number of thioether (sulfide) groups is 1. The summed E-state index contributed by atoms with van der Waals surface area (Å²) in [6, 6.07) is 6.07. The van der Waals surface area contributed by atoms with Gasteiger partial charge in [0.1, 0.15) is 0 Å². The van der Waals surface area contributed by atoms with E-state index < -0.39 is 0 Å². The smallest absolute Gasteiger partial charge is 0.230 e. The van der Waals surface area contributed by atoms with Crippen molar-refractivity contribution < 1.29 is 4.79 Å². The summed E-state index contributed by atoms with van der Waals surface area (Å²) >= 11 is 2.73. The Labute approximate surface area is 126 Å². The van der Waals surface area contributed by atoms with E-state index in [2.05, 4.69) is 35.4 Å². The Kier molecular flexibility index (Phi) is 4.61. The maximum atomic E-state index is 11.0. The first kappa shape index (κ1) is 14.8. The zero-order valence-electron chi connectivity index (χ0n) is 11.5. The molecule has 1 unspecified atom stereocenters. The summed E-state index contributed by atoms with van der Waals surface area (Å²) in [6.07, 6.45) is 0. The molecule has 2 rings (SSSR count). The van der Waals surface area contributed by atoms with Gasteiger partial charge < -0.3 is 11.1 Å². The number of rotatable bonds is 5. The Balaban J connectivity index is 2.10. The van der Waals surface area contributed by atoms with Gasteiger partial charge in [0.15, 0.2) is 4.34 Å². The number of amides is 1. The van der Waals surface area contributed by atoms with E-state index in [1.54, 1.807) is 6.92 Å². The molecule has 2 aromatic rings. The van der Waals surface area contributed by atoms with E-state index >= 15 is 0 Å². The van der Waals surface area contributed by atoms with Crippen LogP contribution < -0.4 is 11.1 Å². The van der Waals surface area contributed by atoms with Crippen LogP contribution in [0, 0.1) is 13.8 Å². The van der Waals surface area contributed by atoms with Gasteiger partial charge in [-0.1, -0.05) is 35.2 Å². The Hall–Kier alpha value is -1.60. The Morgan fingerprint density at radius 3 is 2.85 bits per heavy atom. The first-order chi connectivity index (χ1) is 9.47. The number of nitrogens with zero attached hydrogens (tertiary/aromatic N) is 2. The first-order valence-electron chi connectivity index (χ1n) is 6.10. The van der Waals surface area contributed by atoms with Crippen LogP contribution in [0.3, 0.4) is 0 Å².